The van der Waals surface area contributed by atoms with Gasteiger partial charge in [0.1, 0.15) is 5.75 Å². The van der Waals surface area contributed by atoms with E-state index in [1.54, 1.807) is 6.07 Å². The molecule has 0 amide bonds. The average Bonchev–Trinajstić information content (AvgIpc) is 2.46. The Morgan fingerprint density at radius 1 is 1.38 bits per heavy atom. The van der Waals surface area contributed by atoms with Gasteiger partial charge in [0, 0.05) is 18.3 Å². The summed E-state index contributed by atoms with van der Waals surface area (Å²) >= 11 is 0. The molecule has 70 valence electrons. The SMILES string of the molecule is CC(C)N1CCc2cc(O)ccc21. The van der Waals surface area contributed by atoms with Crippen LogP contribution in [0.25, 0.3) is 0 Å². The first-order valence-corrected chi connectivity index (χ1v) is 4.77. The summed E-state index contributed by atoms with van der Waals surface area (Å²) in [5, 5.41) is 9.30. The zero-order valence-corrected chi connectivity index (χ0v) is 8.12. The van der Waals surface area contributed by atoms with Crippen LogP contribution in [0.2, 0.25) is 0 Å². The summed E-state index contributed by atoms with van der Waals surface area (Å²) in [6, 6.07) is 6.19. The number of phenols is 1. The Hall–Kier alpha value is -1.18. The number of hydrogen-bond acceptors (Lipinski definition) is 2. The quantitative estimate of drug-likeness (QED) is 0.710. The minimum absolute atomic E-state index is 0.379. The van der Waals surface area contributed by atoms with E-state index in [9.17, 15) is 5.11 Å². The number of phenolic OH excluding ortho intramolecular Hbond substituents is 1. The Morgan fingerprint density at radius 3 is 2.85 bits per heavy atom. The van der Waals surface area contributed by atoms with Gasteiger partial charge in [0.05, 0.1) is 0 Å². The van der Waals surface area contributed by atoms with Crippen molar-refractivity contribution in [2.45, 2.75) is 26.3 Å². The maximum atomic E-state index is 9.30. The van der Waals surface area contributed by atoms with E-state index in [0.717, 1.165) is 13.0 Å². The van der Waals surface area contributed by atoms with Gasteiger partial charge >= 0.3 is 0 Å². The highest BCUT2D eigenvalue weighted by atomic mass is 16.3. The lowest BCUT2D eigenvalue weighted by Crippen LogP contribution is -2.28. The third kappa shape index (κ3) is 1.37. The summed E-state index contributed by atoms with van der Waals surface area (Å²) in [6.07, 6.45) is 1.06. The molecule has 1 aliphatic rings. The van der Waals surface area contributed by atoms with Crippen molar-refractivity contribution >= 4 is 5.69 Å². The van der Waals surface area contributed by atoms with Crippen LogP contribution in [0, 0.1) is 0 Å². The number of aromatic hydroxyl groups is 1. The van der Waals surface area contributed by atoms with E-state index in [4.69, 9.17) is 0 Å². The Balaban J connectivity index is 2.38. The molecule has 2 nitrogen and oxygen atoms in total. The third-order valence-corrected chi connectivity index (χ3v) is 2.62. The van der Waals surface area contributed by atoms with Gasteiger partial charge in [-0.3, -0.25) is 0 Å². The molecule has 0 bridgehead atoms. The third-order valence-electron chi connectivity index (χ3n) is 2.62. The van der Waals surface area contributed by atoms with Crippen molar-refractivity contribution < 1.29 is 5.11 Å². The molecule has 1 aromatic rings. The first-order valence-electron chi connectivity index (χ1n) is 4.77. The second kappa shape index (κ2) is 2.95. The zero-order chi connectivity index (χ0) is 9.42. The molecular formula is C11H15NO. The summed E-state index contributed by atoms with van der Waals surface area (Å²) < 4.78 is 0. The molecule has 13 heavy (non-hydrogen) atoms. The predicted molar refractivity (Wildman–Crippen MR) is 54.3 cm³/mol. The van der Waals surface area contributed by atoms with Gasteiger partial charge in [0.25, 0.3) is 0 Å². The zero-order valence-electron chi connectivity index (χ0n) is 8.12. The van der Waals surface area contributed by atoms with Gasteiger partial charge in [0.15, 0.2) is 0 Å². The van der Waals surface area contributed by atoms with Crippen LogP contribution in [0.1, 0.15) is 19.4 Å². The van der Waals surface area contributed by atoms with Crippen LogP contribution in [-0.2, 0) is 6.42 Å². The number of anilines is 1. The molecule has 0 fully saturated rings. The molecule has 0 saturated heterocycles. The molecule has 2 rings (SSSR count). The molecule has 1 aromatic carbocycles. The molecular weight excluding hydrogens is 162 g/mol. The fourth-order valence-corrected chi connectivity index (χ4v) is 1.95. The maximum absolute atomic E-state index is 9.30. The lowest BCUT2D eigenvalue weighted by Gasteiger charge is -2.23. The smallest absolute Gasteiger partial charge is 0.116 e. The van der Waals surface area contributed by atoms with Crippen molar-refractivity contribution in [1.82, 2.24) is 0 Å². The van der Waals surface area contributed by atoms with Gasteiger partial charge in [-0.05, 0) is 44.0 Å². The minimum atomic E-state index is 0.379. The van der Waals surface area contributed by atoms with Crippen LogP contribution in [-0.4, -0.2) is 17.7 Å². The van der Waals surface area contributed by atoms with Crippen LogP contribution in [0.15, 0.2) is 18.2 Å². The topological polar surface area (TPSA) is 23.5 Å². The molecule has 1 heterocycles. The van der Waals surface area contributed by atoms with Gasteiger partial charge < -0.3 is 10.0 Å². The van der Waals surface area contributed by atoms with Crippen LogP contribution < -0.4 is 4.90 Å². The predicted octanol–water partition coefficient (Wildman–Crippen LogP) is 2.16. The van der Waals surface area contributed by atoms with Gasteiger partial charge in [0.2, 0.25) is 0 Å². The highest BCUT2D eigenvalue weighted by Gasteiger charge is 2.20. The number of benzene rings is 1. The fourth-order valence-electron chi connectivity index (χ4n) is 1.95. The number of rotatable bonds is 1. The molecule has 0 aliphatic carbocycles. The summed E-state index contributed by atoms with van der Waals surface area (Å²) in [4.78, 5) is 2.37. The Bertz CT molecular complexity index is 320. The number of nitrogens with zero attached hydrogens (tertiary/aromatic N) is 1. The van der Waals surface area contributed by atoms with Gasteiger partial charge in [-0.2, -0.15) is 0 Å². The summed E-state index contributed by atoms with van der Waals surface area (Å²) in [7, 11) is 0. The normalized spacial score (nSPS) is 15.2. The van der Waals surface area contributed by atoms with E-state index in [-0.39, 0.29) is 0 Å². The van der Waals surface area contributed by atoms with E-state index in [1.807, 2.05) is 12.1 Å². The number of fused-ring (bicyclic) bond motifs is 1. The van der Waals surface area contributed by atoms with Crippen molar-refractivity contribution in [3.05, 3.63) is 23.8 Å². The standard InChI is InChI=1S/C11H15NO/c1-8(2)12-6-5-9-7-10(13)3-4-11(9)12/h3-4,7-8,13H,5-6H2,1-2H3. The largest absolute Gasteiger partial charge is 0.508 e. The van der Waals surface area contributed by atoms with Crippen molar-refractivity contribution in [2.24, 2.45) is 0 Å². The van der Waals surface area contributed by atoms with Crippen molar-refractivity contribution in [3.8, 4) is 5.75 Å². The Morgan fingerprint density at radius 2 is 2.15 bits per heavy atom. The van der Waals surface area contributed by atoms with Gasteiger partial charge in [-0.15, -0.1) is 0 Å². The lowest BCUT2D eigenvalue weighted by molar-refractivity contribution is 0.475. The van der Waals surface area contributed by atoms with Crippen LogP contribution in [0.5, 0.6) is 5.75 Å². The Labute approximate surface area is 78.8 Å². The molecule has 0 unspecified atom stereocenters. The van der Waals surface area contributed by atoms with Crippen LogP contribution >= 0.6 is 0 Å². The Kier molecular flexibility index (Phi) is 1.91. The highest BCUT2D eigenvalue weighted by molar-refractivity contribution is 5.60. The molecule has 0 saturated carbocycles. The average molecular weight is 177 g/mol. The van der Waals surface area contributed by atoms with Gasteiger partial charge in [-0.25, -0.2) is 0 Å². The molecule has 2 heteroatoms. The van der Waals surface area contributed by atoms with Crippen molar-refractivity contribution in [1.29, 1.82) is 0 Å². The monoisotopic (exact) mass is 177 g/mol. The molecule has 1 N–H and O–H groups in total. The van der Waals surface area contributed by atoms with Crippen molar-refractivity contribution in [3.63, 3.8) is 0 Å². The molecule has 0 aromatic heterocycles. The van der Waals surface area contributed by atoms with E-state index < -0.39 is 0 Å². The maximum Gasteiger partial charge on any atom is 0.116 e. The first-order chi connectivity index (χ1) is 6.18. The van der Waals surface area contributed by atoms with Gasteiger partial charge in [-0.1, -0.05) is 0 Å². The molecule has 0 spiro atoms. The molecule has 0 radical (unpaired) electrons. The lowest BCUT2D eigenvalue weighted by atomic mass is 10.1. The van der Waals surface area contributed by atoms with Crippen LogP contribution in [0.4, 0.5) is 5.69 Å². The first kappa shape index (κ1) is 8.42. The molecule has 1 aliphatic heterocycles. The minimum Gasteiger partial charge on any atom is -0.508 e. The van der Waals surface area contributed by atoms with E-state index >= 15 is 0 Å². The van der Waals surface area contributed by atoms with E-state index in [0.29, 0.717) is 11.8 Å². The summed E-state index contributed by atoms with van der Waals surface area (Å²) in [6.45, 7) is 5.47. The van der Waals surface area contributed by atoms with Crippen molar-refractivity contribution in [2.75, 3.05) is 11.4 Å². The summed E-state index contributed by atoms with van der Waals surface area (Å²) in [5.41, 5.74) is 2.56. The number of hydrogen-bond donors (Lipinski definition) is 1. The van der Waals surface area contributed by atoms with Crippen LogP contribution in [0.3, 0.4) is 0 Å². The van der Waals surface area contributed by atoms with E-state index in [2.05, 4.69) is 18.7 Å². The fraction of sp³-hybridized carbons (Fsp3) is 0.455. The second-order valence-corrected chi connectivity index (χ2v) is 3.85. The second-order valence-electron chi connectivity index (χ2n) is 3.85. The van der Waals surface area contributed by atoms with E-state index in [1.165, 1.54) is 11.3 Å². The molecule has 0 atom stereocenters. The highest BCUT2D eigenvalue weighted by Crippen LogP contribution is 2.31. The summed E-state index contributed by atoms with van der Waals surface area (Å²) in [5.74, 6) is 0.379.